The fraction of sp³-hybridized carbons (Fsp3) is 0.256. The van der Waals surface area contributed by atoms with Gasteiger partial charge in [0.1, 0.15) is 0 Å². The van der Waals surface area contributed by atoms with E-state index in [0.29, 0.717) is 0 Å². The zero-order chi connectivity index (χ0) is 31.3. The van der Waals surface area contributed by atoms with E-state index in [1.54, 1.807) is 0 Å². The molecular weight excluding hydrogens is 591 g/mol. The van der Waals surface area contributed by atoms with Gasteiger partial charge in [0.15, 0.2) is 0 Å². The van der Waals surface area contributed by atoms with Gasteiger partial charge in [-0.2, -0.15) is 0 Å². The first-order valence-electron chi connectivity index (χ1n) is 17.5. The predicted molar refractivity (Wildman–Crippen MR) is 203 cm³/mol. The summed E-state index contributed by atoms with van der Waals surface area (Å²) in [5.41, 5.74) is 10.5. The SMILES string of the molecule is CN1c2ccccc2Sc2ccc(-c3c4ccc(N5CCCCC5)cc4c(-c4ccccc4)c4ccc(N5CCCCC5)cc34)cc21. The Balaban J connectivity index is 1.33. The maximum Gasteiger partial charge on any atom is 0.0556 e. The molecule has 0 atom stereocenters. The summed E-state index contributed by atoms with van der Waals surface area (Å²) in [6.45, 7) is 4.56. The molecule has 4 heteroatoms. The molecule has 6 aromatic rings. The Hall–Kier alpha value is -4.41. The normalized spacial score (nSPS) is 16.4. The largest absolute Gasteiger partial charge is 0.372 e. The number of benzene rings is 6. The van der Waals surface area contributed by atoms with E-state index in [-0.39, 0.29) is 0 Å². The molecule has 47 heavy (non-hydrogen) atoms. The molecule has 3 aliphatic rings. The summed E-state index contributed by atoms with van der Waals surface area (Å²) in [5, 5.41) is 5.36. The third-order valence-electron chi connectivity index (χ3n) is 10.6. The van der Waals surface area contributed by atoms with Crippen LogP contribution in [0.25, 0.3) is 43.8 Å². The van der Waals surface area contributed by atoms with Crippen LogP contribution in [0.3, 0.4) is 0 Å². The molecule has 3 heterocycles. The van der Waals surface area contributed by atoms with Crippen molar-refractivity contribution in [3.8, 4) is 22.3 Å². The monoisotopic (exact) mass is 631 g/mol. The minimum absolute atomic E-state index is 1.14. The van der Waals surface area contributed by atoms with E-state index < -0.39 is 0 Å². The maximum atomic E-state index is 2.60. The number of rotatable bonds is 4. The molecule has 0 spiro atoms. The Morgan fingerprint density at radius 1 is 0.447 bits per heavy atom. The fourth-order valence-electron chi connectivity index (χ4n) is 8.22. The molecule has 0 aromatic heterocycles. The molecule has 2 saturated heterocycles. The summed E-state index contributed by atoms with van der Waals surface area (Å²) < 4.78 is 0. The van der Waals surface area contributed by atoms with Crippen molar-refractivity contribution in [2.24, 2.45) is 0 Å². The number of hydrogen-bond donors (Lipinski definition) is 0. The molecule has 3 aliphatic heterocycles. The van der Waals surface area contributed by atoms with E-state index in [2.05, 4.69) is 131 Å². The van der Waals surface area contributed by atoms with Crippen LogP contribution in [0, 0.1) is 0 Å². The van der Waals surface area contributed by atoms with Crippen LogP contribution >= 0.6 is 11.8 Å². The Bertz CT molecular complexity index is 2110. The van der Waals surface area contributed by atoms with Crippen LogP contribution in [0.4, 0.5) is 22.7 Å². The van der Waals surface area contributed by atoms with E-state index in [4.69, 9.17) is 0 Å². The van der Waals surface area contributed by atoms with Gasteiger partial charge >= 0.3 is 0 Å². The molecule has 0 amide bonds. The minimum atomic E-state index is 1.14. The van der Waals surface area contributed by atoms with Crippen LogP contribution in [-0.2, 0) is 0 Å². The molecule has 0 saturated carbocycles. The van der Waals surface area contributed by atoms with Gasteiger partial charge in [-0.05, 0) is 131 Å². The van der Waals surface area contributed by atoms with Crippen LogP contribution in [0.5, 0.6) is 0 Å². The molecule has 0 aliphatic carbocycles. The average molecular weight is 632 g/mol. The van der Waals surface area contributed by atoms with Gasteiger partial charge in [-0.25, -0.2) is 0 Å². The number of nitrogens with zero attached hydrogens (tertiary/aromatic N) is 3. The van der Waals surface area contributed by atoms with E-state index in [0.717, 1.165) is 26.2 Å². The average Bonchev–Trinajstić information content (AvgIpc) is 3.14. The smallest absolute Gasteiger partial charge is 0.0556 e. The van der Waals surface area contributed by atoms with Gasteiger partial charge in [0.25, 0.3) is 0 Å². The summed E-state index contributed by atoms with van der Waals surface area (Å²) in [5.74, 6) is 0. The van der Waals surface area contributed by atoms with Crippen molar-refractivity contribution >= 4 is 56.1 Å². The van der Waals surface area contributed by atoms with Crippen LogP contribution < -0.4 is 14.7 Å². The van der Waals surface area contributed by atoms with Gasteiger partial charge in [0.05, 0.1) is 11.4 Å². The molecule has 234 valence electrons. The lowest BCUT2D eigenvalue weighted by molar-refractivity contribution is 0.578. The lowest BCUT2D eigenvalue weighted by Gasteiger charge is -2.31. The Morgan fingerprint density at radius 3 is 1.64 bits per heavy atom. The quantitative estimate of drug-likeness (QED) is 0.179. The molecule has 0 N–H and O–H groups in total. The van der Waals surface area contributed by atoms with Gasteiger partial charge in [-0.1, -0.05) is 72.4 Å². The second-order valence-corrected chi connectivity index (χ2v) is 14.6. The number of hydrogen-bond acceptors (Lipinski definition) is 4. The van der Waals surface area contributed by atoms with Crippen LogP contribution in [-0.4, -0.2) is 33.2 Å². The molecule has 0 radical (unpaired) electrons. The second kappa shape index (κ2) is 12.0. The van der Waals surface area contributed by atoms with Gasteiger partial charge in [0.2, 0.25) is 0 Å². The van der Waals surface area contributed by atoms with Crippen molar-refractivity contribution in [3.05, 3.63) is 109 Å². The first-order chi connectivity index (χ1) is 23.2. The summed E-state index contributed by atoms with van der Waals surface area (Å²) in [4.78, 5) is 10.2. The highest BCUT2D eigenvalue weighted by molar-refractivity contribution is 7.99. The van der Waals surface area contributed by atoms with Gasteiger partial charge < -0.3 is 14.7 Å². The van der Waals surface area contributed by atoms with Gasteiger partial charge in [-0.15, -0.1) is 0 Å². The van der Waals surface area contributed by atoms with Crippen molar-refractivity contribution in [2.45, 2.75) is 48.3 Å². The fourth-order valence-corrected chi connectivity index (χ4v) is 9.35. The number of anilines is 4. The zero-order valence-corrected chi connectivity index (χ0v) is 28.0. The molecule has 0 unspecified atom stereocenters. The molecular formula is C43H41N3S. The Kier molecular flexibility index (Phi) is 7.34. The predicted octanol–water partition coefficient (Wildman–Crippen LogP) is 11.5. The topological polar surface area (TPSA) is 9.72 Å². The number of para-hydroxylation sites is 1. The van der Waals surface area contributed by atoms with Crippen molar-refractivity contribution in [3.63, 3.8) is 0 Å². The third kappa shape index (κ3) is 5.05. The van der Waals surface area contributed by atoms with Crippen LogP contribution in [0.1, 0.15) is 38.5 Å². The summed E-state index contributed by atoms with van der Waals surface area (Å²) in [6.07, 6.45) is 7.76. The van der Waals surface area contributed by atoms with Crippen molar-refractivity contribution in [1.82, 2.24) is 0 Å². The summed E-state index contributed by atoms with van der Waals surface area (Å²) in [6, 6.07) is 41.7. The van der Waals surface area contributed by atoms with Crippen molar-refractivity contribution < 1.29 is 0 Å². The highest BCUT2D eigenvalue weighted by atomic mass is 32.2. The molecule has 9 rings (SSSR count). The molecule has 3 nitrogen and oxygen atoms in total. The summed E-state index contributed by atoms with van der Waals surface area (Å²) in [7, 11) is 2.22. The highest BCUT2D eigenvalue weighted by Crippen LogP contribution is 2.51. The van der Waals surface area contributed by atoms with Crippen molar-refractivity contribution in [1.29, 1.82) is 0 Å². The van der Waals surface area contributed by atoms with Crippen LogP contribution in [0.2, 0.25) is 0 Å². The Morgan fingerprint density at radius 2 is 1.00 bits per heavy atom. The van der Waals surface area contributed by atoms with Gasteiger partial charge in [-0.3, -0.25) is 0 Å². The van der Waals surface area contributed by atoms with Crippen LogP contribution in [0.15, 0.2) is 119 Å². The van der Waals surface area contributed by atoms with E-state index in [1.165, 1.54) is 115 Å². The zero-order valence-electron chi connectivity index (χ0n) is 27.2. The third-order valence-corrected chi connectivity index (χ3v) is 11.8. The van der Waals surface area contributed by atoms with E-state index >= 15 is 0 Å². The minimum Gasteiger partial charge on any atom is -0.372 e. The molecule has 0 bridgehead atoms. The standard InChI is InChI=1S/C43H41N3S/c1-44-38-15-7-8-16-40(38)47-41-22-17-31(27-39(41)44)43-35-21-19-32(45-23-9-3-10-24-45)28-36(35)42(30-13-5-2-6-14-30)34-20-18-33(29-37(34)43)46-25-11-4-12-26-46/h2,5-8,13-22,27-29H,3-4,9-12,23-26H2,1H3. The van der Waals surface area contributed by atoms with E-state index in [9.17, 15) is 0 Å². The lowest BCUT2D eigenvalue weighted by atomic mass is 9.85. The molecule has 6 aromatic carbocycles. The van der Waals surface area contributed by atoms with Gasteiger partial charge in [0, 0.05) is 54.4 Å². The first kappa shape index (κ1) is 28.8. The Labute approximate surface area is 282 Å². The summed E-state index contributed by atoms with van der Waals surface area (Å²) >= 11 is 1.88. The number of piperidine rings is 2. The highest BCUT2D eigenvalue weighted by Gasteiger charge is 2.24. The van der Waals surface area contributed by atoms with Crippen molar-refractivity contribution in [2.75, 3.05) is 47.9 Å². The first-order valence-corrected chi connectivity index (χ1v) is 18.3. The maximum absolute atomic E-state index is 2.60. The lowest BCUT2D eigenvalue weighted by Crippen LogP contribution is -2.29. The second-order valence-electron chi connectivity index (χ2n) is 13.5. The molecule has 2 fully saturated rings. The van der Waals surface area contributed by atoms with E-state index in [1.807, 2.05) is 11.8 Å². The number of fused-ring (bicyclic) bond motifs is 4.